The summed E-state index contributed by atoms with van der Waals surface area (Å²) in [6.45, 7) is 3.96. The van der Waals surface area contributed by atoms with Crippen LogP contribution in [0.1, 0.15) is 47.8 Å². The van der Waals surface area contributed by atoms with Crippen LogP contribution in [-0.2, 0) is 4.79 Å². The van der Waals surface area contributed by atoms with Gasteiger partial charge in [-0.3, -0.25) is 4.79 Å². The molecule has 1 N–H and O–H groups in total. The molecule has 30 heavy (non-hydrogen) atoms. The molecule has 0 saturated heterocycles. The van der Waals surface area contributed by atoms with Crippen LogP contribution in [0.15, 0.2) is 79.0 Å². The average Bonchev–Trinajstić information content (AvgIpc) is 3.18. The number of hydrogen-bond donors (Lipinski definition) is 1. The van der Waals surface area contributed by atoms with Gasteiger partial charge in [-0.05, 0) is 49.2 Å². The van der Waals surface area contributed by atoms with Gasteiger partial charge in [0.15, 0.2) is 0 Å². The smallest absolute Gasteiger partial charge is 0.221 e. The second-order valence-electron chi connectivity index (χ2n) is 7.56. The lowest BCUT2D eigenvalue weighted by molar-refractivity contribution is -0.122. The molecule has 4 aromatic rings. The summed E-state index contributed by atoms with van der Waals surface area (Å²) in [6, 6.07) is 22.0. The number of halogens is 1. The summed E-state index contributed by atoms with van der Waals surface area (Å²) >= 11 is 0. The standard InChI is InChI=1S/C25H24FN3O/c1-17-8-6-13-24-27-16-23(29(17)24)22(20-11-7-12-21(26)14-20)15-25(30)28-18(2)19-9-4-3-5-10-19/h3-14,16,18,22H,15H2,1-2H3,(H,28,30). The minimum atomic E-state index is -0.320. The monoisotopic (exact) mass is 401 g/mol. The quantitative estimate of drug-likeness (QED) is 0.484. The van der Waals surface area contributed by atoms with Crippen LogP contribution in [0.2, 0.25) is 0 Å². The van der Waals surface area contributed by atoms with E-state index in [9.17, 15) is 9.18 Å². The van der Waals surface area contributed by atoms with Gasteiger partial charge in [0.2, 0.25) is 5.91 Å². The molecule has 4 nitrogen and oxygen atoms in total. The van der Waals surface area contributed by atoms with E-state index in [2.05, 4.69) is 10.3 Å². The molecule has 2 atom stereocenters. The van der Waals surface area contributed by atoms with Gasteiger partial charge in [0.05, 0.1) is 11.7 Å². The molecule has 2 unspecified atom stereocenters. The molecule has 0 aliphatic heterocycles. The third kappa shape index (κ3) is 4.10. The number of fused-ring (bicyclic) bond motifs is 1. The number of imidazole rings is 1. The van der Waals surface area contributed by atoms with Crippen molar-refractivity contribution in [3.8, 4) is 0 Å². The van der Waals surface area contributed by atoms with Crippen LogP contribution >= 0.6 is 0 Å². The summed E-state index contributed by atoms with van der Waals surface area (Å²) in [5.41, 5.74) is 4.49. The number of carbonyl (C=O) groups excluding carboxylic acids is 1. The van der Waals surface area contributed by atoms with Crippen LogP contribution in [0.3, 0.4) is 0 Å². The Labute approximate surface area is 175 Å². The van der Waals surface area contributed by atoms with Gasteiger partial charge in [-0.15, -0.1) is 0 Å². The molecule has 0 aliphatic rings. The molecule has 4 rings (SSSR count). The van der Waals surface area contributed by atoms with Gasteiger partial charge >= 0.3 is 0 Å². The van der Waals surface area contributed by atoms with Gasteiger partial charge in [-0.25, -0.2) is 9.37 Å². The van der Waals surface area contributed by atoms with Crippen molar-refractivity contribution >= 4 is 11.6 Å². The fraction of sp³-hybridized carbons (Fsp3) is 0.200. The first kappa shape index (κ1) is 19.8. The maximum Gasteiger partial charge on any atom is 0.221 e. The molecule has 0 fully saturated rings. The molecule has 2 aromatic heterocycles. The summed E-state index contributed by atoms with van der Waals surface area (Å²) < 4.78 is 16.0. The van der Waals surface area contributed by atoms with Crippen molar-refractivity contribution in [2.45, 2.75) is 32.2 Å². The van der Waals surface area contributed by atoms with Crippen molar-refractivity contribution in [3.63, 3.8) is 0 Å². The van der Waals surface area contributed by atoms with Crippen LogP contribution in [-0.4, -0.2) is 15.3 Å². The fourth-order valence-corrected chi connectivity index (χ4v) is 3.90. The Morgan fingerprint density at radius 3 is 2.53 bits per heavy atom. The van der Waals surface area contributed by atoms with Crippen molar-refractivity contribution in [3.05, 3.63) is 107 Å². The van der Waals surface area contributed by atoms with Gasteiger partial charge in [-0.1, -0.05) is 48.5 Å². The first-order valence-corrected chi connectivity index (χ1v) is 10.1. The average molecular weight is 401 g/mol. The Bertz CT molecular complexity index is 1170. The molecule has 2 heterocycles. The Hall–Kier alpha value is -3.47. The highest BCUT2D eigenvalue weighted by molar-refractivity contribution is 5.78. The van der Waals surface area contributed by atoms with Crippen LogP contribution in [0.25, 0.3) is 5.65 Å². The number of aryl methyl sites for hydroxylation is 1. The van der Waals surface area contributed by atoms with E-state index in [-0.39, 0.29) is 30.1 Å². The number of amides is 1. The highest BCUT2D eigenvalue weighted by atomic mass is 19.1. The zero-order valence-electron chi connectivity index (χ0n) is 17.0. The highest BCUT2D eigenvalue weighted by Gasteiger charge is 2.23. The van der Waals surface area contributed by atoms with Gasteiger partial charge in [0, 0.05) is 24.2 Å². The van der Waals surface area contributed by atoms with E-state index in [0.717, 1.165) is 28.2 Å². The minimum Gasteiger partial charge on any atom is -0.350 e. The summed E-state index contributed by atoms with van der Waals surface area (Å²) in [7, 11) is 0. The Morgan fingerprint density at radius 2 is 1.77 bits per heavy atom. The predicted octanol–water partition coefficient (Wildman–Crippen LogP) is 5.18. The number of nitrogens with one attached hydrogen (secondary N) is 1. The second-order valence-corrected chi connectivity index (χ2v) is 7.56. The lowest BCUT2D eigenvalue weighted by atomic mass is 9.92. The molecular weight excluding hydrogens is 377 g/mol. The predicted molar refractivity (Wildman–Crippen MR) is 116 cm³/mol. The third-order valence-corrected chi connectivity index (χ3v) is 5.43. The third-order valence-electron chi connectivity index (χ3n) is 5.43. The van der Waals surface area contributed by atoms with E-state index in [1.807, 2.05) is 72.8 Å². The lowest BCUT2D eigenvalue weighted by Gasteiger charge is -2.20. The van der Waals surface area contributed by atoms with E-state index >= 15 is 0 Å². The molecular formula is C25H24FN3O. The van der Waals surface area contributed by atoms with E-state index in [1.165, 1.54) is 12.1 Å². The first-order chi connectivity index (χ1) is 14.5. The Balaban J connectivity index is 1.67. The number of nitrogens with zero attached hydrogens (tertiary/aromatic N) is 2. The van der Waals surface area contributed by atoms with E-state index < -0.39 is 0 Å². The van der Waals surface area contributed by atoms with Gasteiger partial charge in [-0.2, -0.15) is 0 Å². The number of benzene rings is 2. The molecule has 0 spiro atoms. The molecule has 2 aromatic carbocycles. The number of hydrogen-bond acceptors (Lipinski definition) is 2. The topological polar surface area (TPSA) is 46.4 Å². The Morgan fingerprint density at radius 1 is 1.03 bits per heavy atom. The minimum absolute atomic E-state index is 0.0934. The van der Waals surface area contributed by atoms with Crippen LogP contribution in [0, 0.1) is 12.7 Å². The SMILES string of the molecule is Cc1cccc2ncc(C(CC(=O)NC(C)c3ccccc3)c3cccc(F)c3)n12. The van der Waals surface area contributed by atoms with Crippen molar-refractivity contribution in [1.29, 1.82) is 0 Å². The van der Waals surface area contributed by atoms with Gasteiger partial charge in [0.1, 0.15) is 11.5 Å². The van der Waals surface area contributed by atoms with Crippen LogP contribution < -0.4 is 5.32 Å². The molecule has 0 aliphatic carbocycles. The summed E-state index contributed by atoms with van der Waals surface area (Å²) in [5.74, 6) is -0.731. The molecule has 1 amide bonds. The van der Waals surface area contributed by atoms with Crippen LogP contribution in [0.5, 0.6) is 0 Å². The normalized spacial score (nSPS) is 13.2. The molecule has 5 heteroatoms. The van der Waals surface area contributed by atoms with Crippen molar-refractivity contribution in [2.75, 3.05) is 0 Å². The van der Waals surface area contributed by atoms with Gasteiger partial charge in [0.25, 0.3) is 0 Å². The number of pyridine rings is 1. The van der Waals surface area contributed by atoms with Crippen LogP contribution in [0.4, 0.5) is 4.39 Å². The largest absolute Gasteiger partial charge is 0.350 e. The number of aromatic nitrogens is 2. The highest BCUT2D eigenvalue weighted by Crippen LogP contribution is 2.30. The summed E-state index contributed by atoms with van der Waals surface area (Å²) in [5, 5.41) is 3.07. The maximum absolute atomic E-state index is 14.0. The lowest BCUT2D eigenvalue weighted by Crippen LogP contribution is -2.28. The Kier molecular flexibility index (Phi) is 5.61. The van der Waals surface area contributed by atoms with Gasteiger partial charge < -0.3 is 9.72 Å². The molecule has 0 bridgehead atoms. The molecule has 152 valence electrons. The number of carbonyl (C=O) groups is 1. The molecule has 0 saturated carbocycles. The van der Waals surface area contributed by atoms with Crippen molar-refractivity contribution < 1.29 is 9.18 Å². The van der Waals surface area contributed by atoms with Crippen molar-refractivity contribution in [1.82, 2.24) is 14.7 Å². The maximum atomic E-state index is 14.0. The van der Waals surface area contributed by atoms with Crippen molar-refractivity contribution in [2.24, 2.45) is 0 Å². The summed E-state index contributed by atoms with van der Waals surface area (Å²) in [4.78, 5) is 17.5. The van der Waals surface area contributed by atoms with E-state index in [0.29, 0.717) is 0 Å². The van der Waals surface area contributed by atoms with E-state index in [4.69, 9.17) is 0 Å². The first-order valence-electron chi connectivity index (χ1n) is 10.1. The second kappa shape index (κ2) is 8.49. The zero-order valence-corrected chi connectivity index (χ0v) is 17.0. The summed E-state index contributed by atoms with van der Waals surface area (Å²) in [6.07, 6.45) is 1.98. The fourth-order valence-electron chi connectivity index (χ4n) is 3.90. The zero-order chi connectivity index (χ0) is 21.1. The van der Waals surface area contributed by atoms with E-state index in [1.54, 1.807) is 12.3 Å². The molecule has 0 radical (unpaired) electrons. The number of rotatable bonds is 6.